The van der Waals surface area contributed by atoms with Gasteiger partial charge in [0.05, 0.1) is 34.4 Å². The van der Waals surface area contributed by atoms with Crippen LogP contribution in [0.15, 0.2) is 12.2 Å². The molecular weight excluding hydrogens is 465 g/mol. The molecule has 0 saturated heterocycles. The summed E-state index contributed by atoms with van der Waals surface area (Å²) in [7, 11) is 3.43. The average molecular weight is 523 g/mol. The summed E-state index contributed by atoms with van der Waals surface area (Å²) < 4.78 is 33.6. The molecule has 0 aromatic heterocycles. The fraction of sp³-hybridized carbons (Fsp3) is 0.926. The van der Waals surface area contributed by atoms with E-state index < -0.39 is 13.9 Å². The monoisotopic (exact) mass is 522 g/mol. The first-order chi connectivity index (χ1) is 16.7. The van der Waals surface area contributed by atoms with Crippen LogP contribution in [0.1, 0.15) is 96.8 Å². The van der Waals surface area contributed by atoms with Gasteiger partial charge in [0, 0.05) is 13.7 Å². The van der Waals surface area contributed by atoms with Crippen LogP contribution in [-0.4, -0.2) is 76.7 Å². The van der Waals surface area contributed by atoms with Crippen molar-refractivity contribution in [1.29, 1.82) is 0 Å². The Kier molecular flexibility index (Phi) is 22.7. The number of rotatable bonds is 26. The molecule has 2 atom stereocenters. The fourth-order valence-corrected chi connectivity index (χ4v) is 4.24. The summed E-state index contributed by atoms with van der Waals surface area (Å²) in [6, 6.07) is 0. The quantitative estimate of drug-likeness (QED) is 0.0577. The topological polar surface area (TPSA) is 74.2 Å². The van der Waals surface area contributed by atoms with Crippen molar-refractivity contribution in [2.24, 2.45) is 0 Å². The number of likely N-dealkylation sites (N-methyl/N-ethyl adjacent to an activating group) is 1. The molecule has 0 fully saturated rings. The molecule has 1 N–H and O–H groups in total. The van der Waals surface area contributed by atoms with E-state index in [1.165, 1.54) is 70.6 Å². The summed E-state index contributed by atoms with van der Waals surface area (Å²) in [5, 5.41) is 0. The zero-order chi connectivity index (χ0) is 26.3. The molecule has 0 bridgehead atoms. The van der Waals surface area contributed by atoms with Crippen molar-refractivity contribution in [1.82, 2.24) is 0 Å². The van der Waals surface area contributed by atoms with Gasteiger partial charge in [0.2, 0.25) is 0 Å². The minimum atomic E-state index is -4.08. The van der Waals surface area contributed by atoms with Crippen molar-refractivity contribution in [3.8, 4) is 0 Å². The largest absolute Gasteiger partial charge is 0.472 e. The van der Waals surface area contributed by atoms with Crippen LogP contribution in [0, 0.1) is 0 Å². The van der Waals surface area contributed by atoms with Crippen LogP contribution in [0.2, 0.25) is 0 Å². The van der Waals surface area contributed by atoms with Crippen molar-refractivity contribution in [3.05, 3.63) is 12.2 Å². The molecule has 0 aromatic carbocycles. The van der Waals surface area contributed by atoms with E-state index in [1.807, 2.05) is 21.1 Å². The Morgan fingerprint density at radius 2 is 1.31 bits per heavy atom. The highest BCUT2D eigenvalue weighted by Crippen LogP contribution is 2.43. The second kappa shape index (κ2) is 22.9. The molecule has 0 rings (SSSR count). The molecule has 0 saturated carbocycles. The number of ether oxygens (including phenoxy) is 2. The average Bonchev–Trinajstić information content (AvgIpc) is 2.79. The van der Waals surface area contributed by atoms with Gasteiger partial charge in [-0.05, 0) is 32.1 Å². The van der Waals surface area contributed by atoms with Gasteiger partial charge >= 0.3 is 7.82 Å². The maximum Gasteiger partial charge on any atom is 0.472 e. The van der Waals surface area contributed by atoms with Gasteiger partial charge in [-0.3, -0.25) is 9.05 Å². The maximum absolute atomic E-state index is 12.0. The van der Waals surface area contributed by atoms with E-state index in [4.69, 9.17) is 18.5 Å². The second-order valence-electron chi connectivity index (χ2n) is 10.5. The summed E-state index contributed by atoms with van der Waals surface area (Å²) in [6.07, 6.45) is 22.3. The Morgan fingerprint density at radius 1 is 0.771 bits per heavy atom. The molecular formula is C27H57NO6P+. The molecule has 0 aromatic rings. The van der Waals surface area contributed by atoms with Crippen LogP contribution in [0.5, 0.6) is 0 Å². The van der Waals surface area contributed by atoms with E-state index >= 15 is 0 Å². The van der Waals surface area contributed by atoms with Crippen molar-refractivity contribution in [3.63, 3.8) is 0 Å². The number of methoxy groups -OCH3 is 1. The Labute approximate surface area is 216 Å². The van der Waals surface area contributed by atoms with Gasteiger partial charge in [-0.25, -0.2) is 4.57 Å². The molecule has 0 spiro atoms. The fourth-order valence-electron chi connectivity index (χ4n) is 3.50. The van der Waals surface area contributed by atoms with Crippen LogP contribution in [0.3, 0.4) is 0 Å². The van der Waals surface area contributed by atoms with Gasteiger partial charge in [-0.2, -0.15) is 0 Å². The molecule has 1 unspecified atom stereocenters. The molecule has 35 heavy (non-hydrogen) atoms. The van der Waals surface area contributed by atoms with E-state index in [-0.39, 0.29) is 13.2 Å². The summed E-state index contributed by atoms with van der Waals surface area (Å²) in [6.45, 7) is 3.97. The number of phosphoric ester groups is 1. The van der Waals surface area contributed by atoms with E-state index in [9.17, 15) is 9.46 Å². The summed E-state index contributed by atoms with van der Waals surface area (Å²) in [5.41, 5.74) is 0. The molecule has 7 nitrogen and oxygen atoms in total. The number of nitrogens with zero attached hydrogens (tertiary/aromatic N) is 1. The normalized spacial score (nSPS) is 15.0. The standard InChI is InChI=1S/C27H56NO6P/c1-6-7-8-9-10-11-12-13-14-15-16-17-18-19-20-21-23-32-25-27(31-5)26-34-35(29,30)33-24-22-28(2,3)4/h16-17,27H,6-15,18-26H2,1-5H3/p+1/b17-16-/t27-/m1/s1. The molecule has 0 aliphatic heterocycles. The molecule has 0 aliphatic rings. The third-order valence-electron chi connectivity index (χ3n) is 5.88. The second-order valence-corrected chi connectivity index (χ2v) is 11.9. The lowest BCUT2D eigenvalue weighted by Crippen LogP contribution is -2.37. The van der Waals surface area contributed by atoms with Crippen LogP contribution in [0.4, 0.5) is 0 Å². The third kappa shape index (κ3) is 26.6. The first-order valence-electron chi connectivity index (χ1n) is 13.9. The summed E-state index contributed by atoms with van der Waals surface area (Å²) in [5.74, 6) is 0. The third-order valence-corrected chi connectivity index (χ3v) is 6.86. The minimum absolute atomic E-state index is 0.0432. The highest BCUT2D eigenvalue weighted by molar-refractivity contribution is 7.47. The van der Waals surface area contributed by atoms with Crippen molar-refractivity contribution in [2.45, 2.75) is 103 Å². The highest BCUT2D eigenvalue weighted by Gasteiger charge is 2.24. The number of allylic oxidation sites excluding steroid dienone is 2. The van der Waals surface area contributed by atoms with Crippen LogP contribution >= 0.6 is 7.82 Å². The van der Waals surface area contributed by atoms with Gasteiger partial charge < -0.3 is 18.9 Å². The number of hydrogen-bond acceptors (Lipinski definition) is 5. The summed E-state index contributed by atoms with van der Waals surface area (Å²) in [4.78, 5) is 9.79. The smallest absolute Gasteiger partial charge is 0.379 e. The highest BCUT2D eigenvalue weighted by atomic mass is 31.2. The van der Waals surface area contributed by atoms with E-state index in [0.717, 1.165) is 19.3 Å². The minimum Gasteiger partial charge on any atom is -0.379 e. The molecule has 0 radical (unpaired) electrons. The molecule has 0 amide bonds. The van der Waals surface area contributed by atoms with Gasteiger partial charge in [0.1, 0.15) is 19.3 Å². The molecule has 8 heteroatoms. The molecule has 0 heterocycles. The van der Waals surface area contributed by atoms with Crippen molar-refractivity contribution < 1.29 is 32.5 Å². The van der Waals surface area contributed by atoms with Crippen LogP contribution in [-0.2, 0) is 23.1 Å². The molecule has 0 aliphatic carbocycles. The van der Waals surface area contributed by atoms with Crippen molar-refractivity contribution in [2.75, 3.05) is 61.2 Å². The lowest BCUT2D eigenvalue weighted by atomic mass is 10.1. The van der Waals surface area contributed by atoms with E-state index in [2.05, 4.69) is 19.1 Å². The van der Waals surface area contributed by atoms with E-state index in [0.29, 0.717) is 24.2 Å². The van der Waals surface area contributed by atoms with Crippen LogP contribution < -0.4 is 0 Å². The summed E-state index contributed by atoms with van der Waals surface area (Å²) >= 11 is 0. The predicted octanol–water partition coefficient (Wildman–Crippen LogP) is 6.90. The predicted molar refractivity (Wildman–Crippen MR) is 146 cm³/mol. The van der Waals surface area contributed by atoms with Gasteiger partial charge in [-0.1, -0.05) is 76.9 Å². The maximum atomic E-state index is 12.0. The van der Waals surface area contributed by atoms with Crippen molar-refractivity contribution >= 4 is 7.82 Å². The van der Waals surface area contributed by atoms with Gasteiger partial charge in [-0.15, -0.1) is 0 Å². The Balaban J connectivity index is 3.57. The number of unbranched alkanes of at least 4 members (excludes halogenated alkanes) is 12. The van der Waals surface area contributed by atoms with Crippen LogP contribution in [0.25, 0.3) is 0 Å². The zero-order valence-corrected chi connectivity index (χ0v) is 24.4. The van der Waals surface area contributed by atoms with E-state index in [1.54, 1.807) is 7.11 Å². The Bertz CT molecular complexity index is 538. The lowest BCUT2D eigenvalue weighted by Gasteiger charge is -2.24. The number of phosphoric acid groups is 1. The van der Waals surface area contributed by atoms with Gasteiger partial charge in [0.25, 0.3) is 0 Å². The Morgan fingerprint density at radius 3 is 1.86 bits per heavy atom. The number of hydrogen-bond donors (Lipinski definition) is 1. The first-order valence-corrected chi connectivity index (χ1v) is 15.4. The first kappa shape index (κ1) is 34.7. The Hall–Kier alpha value is -0.270. The number of quaternary nitrogens is 1. The zero-order valence-electron chi connectivity index (χ0n) is 23.5. The SMILES string of the molecule is CCCCCCCCCCC/C=C\CCCCCOC[C@H](COP(=O)(O)OCC[N+](C)(C)C)OC. The van der Waals surface area contributed by atoms with Gasteiger partial charge in [0.15, 0.2) is 0 Å². The lowest BCUT2D eigenvalue weighted by molar-refractivity contribution is -0.870. The molecule has 210 valence electrons.